The number of primary amides is 1. The van der Waals surface area contributed by atoms with Gasteiger partial charge < -0.3 is 16.8 Å². The van der Waals surface area contributed by atoms with Crippen LogP contribution < -0.4 is 16.8 Å². The molecule has 4 rings (SSSR count). The van der Waals surface area contributed by atoms with E-state index in [4.69, 9.17) is 11.5 Å². The molecule has 0 atom stereocenters. The molecule has 0 spiro atoms. The van der Waals surface area contributed by atoms with Crippen molar-refractivity contribution >= 4 is 40.9 Å². The Morgan fingerprint density at radius 1 is 0.829 bits per heavy atom. The van der Waals surface area contributed by atoms with Gasteiger partial charge >= 0.3 is 0 Å². The number of carbonyl (C=O) groups excluding carboxylic acids is 2. The van der Waals surface area contributed by atoms with E-state index >= 15 is 0 Å². The van der Waals surface area contributed by atoms with Gasteiger partial charge in [0.05, 0.1) is 35.2 Å². The zero-order chi connectivity index (χ0) is 24.6. The lowest BCUT2D eigenvalue weighted by atomic mass is 9.96. The van der Waals surface area contributed by atoms with Gasteiger partial charge in [0.15, 0.2) is 0 Å². The number of benzene rings is 2. The first-order valence-corrected chi connectivity index (χ1v) is 10.7. The van der Waals surface area contributed by atoms with Crippen LogP contribution in [0.3, 0.4) is 0 Å². The van der Waals surface area contributed by atoms with Crippen molar-refractivity contribution in [3.63, 3.8) is 0 Å². The van der Waals surface area contributed by atoms with E-state index in [0.29, 0.717) is 28.3 Å². The fraction of sp³-hybridized carbons (Fsp3) is 0. The predicted octanol–water partition coefficient (Wildman–Crippen LogP) is 3.79. The van der Waals surface area contributed by atoms with Crippen molar-refractivity contribution in [3.05, 3.63) is 120 Å². The zero-order valence-electron chi connectivity index (χ0n) is 18.6. The van der Waals surface area contributed by atoms with Gasteiger partial charge in [0, 0.05) is 29.6 Å². The highest BCUT2D eigenvalue weighted by atomic mass is 16.1. The molecule has 0 aliphatic carbocycles. The lowest BCUT2D eigenvalue weighted by Gasteiger charge is -2.09. The van der Waals surface area contributed by atoms with Crippen molar-refractivity contribution in [3.8, 4) is 0 Å². The molecule has 5 N–H and O–H groups in total. The number of nitrogens with zero attached hydrogens (tertiary/aromatic N) is 3. The average molecular weight is 463 g/mol. The van der Waals surface area contributed by atoms with Gasteiger partial charge in [-0.1, -0.05) is 30.3 Å². The average Bonchev–Trinajstić information content (AvgIpc) is 2.88. The number of amides is 2. The van der Waals surface area contributed by atoms with Gasteiger partial charge in [-0.05, 0) is 53.6 Å². The van der Waals surface area contributed by atoms with Crippen molar-refractivity contribution in [1.82, 2.24) is 15.0 Å². The maximum absolute atomic E-state index is 12.2. The highest BCUT2D eigenvalue weighted by Crippen LogP contribution is 2.26. The molecule has 0 saturated heterocycles. The molecule has 0 aliphatic rings. The van der Waals surface area contributed by atoms with Crippen LogP contribution >= 0.6 is 0 Å². The molecule has 0 saturated carbocycles. The van der Waals surface area contributed by atoms with E-state index in [0.717, 1.165) is 16.7 Å². The fourth-order valence-electron chi connectivity index (χ4n) is 3.30. The predicted molar refractivity (Wildman–Crippen MR) is 137 cm³/mol. The zero-order valence-corrected chi connectivity index (χ0v) is 18.6. The molecule has 0 fully saturated rings. The summed E-state index contributed by atoms with van der Waals surface area (Å²) in [6.45, 7) is 0. The summed E-state index contributed by atoms with van der Waals surface area (Å²) in [5.41, 5.74) is 16.3. The van der Waals surface area contributed by atoms with Crippen LogP contribution in [0.2, 0.25) is 0 Å². The Hall–Kier alpha value is -5.11. The number of carbonyl (C=O) groups is 2. The number of nitrogens with two attached hydrogens (primary N) is 2. The number of nitrogens with one attached hydrogen (secondary N) is 1. The first-order valence-electron chi connectivity index (χ1n) is 10.7. The van der Waals surface area contributed by atoms with E-state index in [9.17, 15) is 9.59 Å². The van der Waals surface area contributed by atoms with E-state index in [1.807, 2.05) is 24.3 Å². The minimum Gasteiger partial charge on any atom is -0.397 e. The molecule has 172 valence electrons. The summed E-state index contributed by atoms with van der Waals surface area (Å²) < 4.78 is 0. The number of pyridine rings is 1. The Labute approximate surface area is 202 Å². The number of para-hydroxylation sites is 2. The summed E-state index contributed by atoms with van der Waals surface area (Å²) in [7, 11) is 0. The van der Waals surface area contributed by atoms with Crippen molar-refractivity contribution in [2.75, 3.05) is 11.1 Å². The molecular weight excluding hydrogens is 440 g/mol. The Bertz CT molecular complexity index is 1410. The molecule has 2 aromatic carbocycles. The Balaban J connectivity index is 1.57. The van der Waals surface area contributed by atoms with Gasteiger partial charge in [0.2, 0.25) is 11.8 Å². The Morgan fingerprint density at radius 2 is 1.57 bits per heavy atom. The number of anilines is 2. The van der Waals surface area contributed by atoms with Crippen LogP contribution in [0.4, 0.5) is 11.4 Å². The van der Waals surface area contributed by atoms with Crippen LogP contribution in [-0.4, -0.2) is 26.8 Å². The summed E-state index contributed by atoms with van der Waals surface area (Å²) in [5.74, 6) is -0.839. The third-order valence-electron chi connectivity index (χ3n) is 5.04. The van der Waals surface area contributed by atoms with Gasteiger partial charge in [0.25, 0.3) is 0 Å². The van der Waals surface area contributed by atoms with Crippen LogP contribution in [-0.2, 0) is 4.79 Å². The molecule has 2 aromatic heterocycles. The quantitative estimate of drug-likeness (QED) is 0.282. The van der Waals surface area contributed by atoms with E-state index in [1.54, 1.807) is 73.3 Å². The van der Waals surface area contributed by atoms with Crippen LogP contribution in [0.5, 0.6) is 0 Å². The van der Waals surface area contributed by atoms with E-state index < -0.39 is 5.91 Å². The van der Waals surface area contributed by atoms with Crippen LogP contribution in [0, 0.1) is 0 Å². The molecule has 0 radical (unpaired) electrons. The molecule has 8 heteroatoms. The smallest absolute Gasteiger partial charge is 0.248 e. The van der Waals surface area contributed by atoms with E-state index in [-0.39, 0.29) is 5.91 Å². The second-order valence-corrected chi connectivity index (χ2v) is 7.52. The summed E-state index contributed by atoms with van der Waals surface area (Å²) >= 11 is 0. The molecule has 4 aromatic rings. The topological polar surface area (TPSA) is 137 Å². The minimum absolute atomic E-state index is 0.332. The Kier molecular flexibility index (Phi) is 7.03. The normalized spacial score (nSPS) is 11.4. The summed E-state index contributed by atoms with van der Waals surface area (Å²) in [6.07, 6.45) is 11.3. The first kappa shape index (κ1) is 23.1. The summed E-state index contributed by atoms with van der Waals surface area (Å²) in [4.78, 5) is 36.9. The molecule has 0 bridgehead atoms. The molecule has 2 heterocycles. The summed E-state index contributed by atoms with van der Waals surface area (Å²) in [6, 6.07) is 17.8. The van der Waals surface area contributed by atoms with Gasteiger partial charge in [-0.3, -0.25) is 24.5 Å². The molecule has 8 nitrogen and oxygen atoms in total. The Morgan fingerprint density at radius 3 is 2.29 bits per heavy atom. The maximum atomic E-state index is 12.2. The van der Waals surface area contributed by atoms with Gasteiger partial charge in [-0.2, -0.15) is 0 Å². The summed E-state index contributed by atoms with van der Waals surface area (Å²) in [5, 5.41) is 2.72. The van der Waals surface area contributed by atoms with Crippen molar-refractivity contribution in [1.29, 1.82) is 0 Å². The largest absolute Gasteiger partial charge is 0.397 e. The van der Waals surface area contributed by atoms with E-state index in [2.05, 4.69) is 20.3 Å². The first-order chi connectivity index (χ1) is 17.0. The number of aromatic nitrogens is 3. The third kappa shape index (κ3) is 6.02. The third-order valence-corrected chi connectivity index (χ3v) is 5.04. The van der Waals surface area contributed by atoms with Gasteiger partial charge in [-0.15, -0.1) is 0 Å². The lowest BCUT2D eigenvalue weighted by Crippen LogP contribution is -2.11. The van der Waals surface area contributed by atoms with Crippen LogP contribution in [0.1, 0.15) is 32.9 Å². The fourth-order valence-corrected chi connectivity index (χ4v) is 3.30. The second-order valence-electron chi connectivity index (χ2n) is 7.52. The maximum Gasteiger partial charge on any atom is 0.248 e. The number of rotatable bonds is 7. The van der Waals surface area contributed by atoms with Gasteiger partial charge in [-0.25, -0.2) is 0 Å². The molecule has 35 heavy (non-hydrogen) atoms. The highest BCUT2D eigenvalue weighted by Gasteiger charge is 2.09. The lowest BCUT2D eigenvalue weighted by molar-refractivity contribution is -0.111. The molecular formula is C27H22N6O2. The van der Waals surface area contributed by atoms with E-state index in [1.165, 1.54) is 6.08 Å². The minimum atomic E-state index is -0.507. The van der Waals surface area contributed by atoms with Crippen LogP contribution in [0.15, 0.2) is 91.5 Å². The second kappa shape index (κ2) is 10.7. The molecule has 2 amide bonds. The monoisotopic (exact) mass is 462 g/mol. The number of nitrogen functional groups attached to an aromatic ring is 1. The highest BCUT2D eigenvalue weighted by molar-refractivity contribution is 6.03. The van der Waals surface area contributed by atoms with Crippen LogP contribution in [0.25, 0.3) is 17.7 Å². The van der Waals surface area contributed by atoms with Crippen molar-refractivity contribution in [2.24, 2.45) is 5.73 Å². The SMILES string of the molecule is NC(=O)c1cccc(/C(=C/c2cnc(/C=C/C(=O)Nc3ccccc3N)cn2)c2cccnc2)c1. The molecule has 0 unspecified atom stereocenters. The standard InChI is InChI=1S/C27H22N6O2/c28-24-8-1-2-9-25(24)33-26(34)11-10-21-16-32-22(17-31-21)14-23(20-7-4-12-30-15-20)18-5-3-6-19(13-18)27(29)35/h1-17H,28H2,(H2,29,35)(H,33,34)/b11-10+,23-14-. The van der Waals surface area contributed by atoms with Gasteiger partial charge in [0.1, 0.15) is 0 Å². The molecule has 0 aliphatic heterocycles. The number of hydrogen-bond donors (Lipinski definition) is 3. The van der Waals surface area contributed by atoms with Crippen molar-refractivity contribution < 1.29 is 9.59 Å². The van der Waals surface area contributed by atoms with Crippen molar-refractivity contribution in [2.45, 2.75) is 0 Å². The number of hydrogen-bond acceptors (Lipinski definition) is 6.